The van der Waals surface area contributed by atoms with Gasteiger partial charge in [-0.25, -0.2) is 13.2 Å². The minimum Gasteiger partial charge on any atom is -0.497 e. The molecular formula is C15H14N2O4S. The molecule has 6 nitrogen and oxygen atoms in total. The van der Waals surface area contributed by atoms with Crippen molar-refractivity contribution < 1.29 is 17.9 Å². The van der Waals surface area contributed by atoms with E-state index in [9.17, 15) is 13.2 Å². The van der Waals surface area contributed by atoms with Crippen LogP contribution in [-0.4, -0.2) is 21.6 Å². The van der Waals surface area contributed by atoms with Gasteiger partial charge in [0.1, 0.15) is 10.6 Å². The summed E-state index contributed by atoms with van der Waals surface area (Å²) < 4.78 is 31.3. The first kappa shape index (κ1) is 14.4. The van der Waals surface area contributed by atoms with E-state index in [-0.39, 0.29) is 10.6 Å². The number of ether oxygens (including phenoxy) is 1. The molecule has 0 aliphatic carbocycles. The molecular weight excluding hydrogens is 304 g/mol. The maximum absolute atomic E-state index is 12.7. The molecule has 2 amide bonds. The number of hydrogen-bond donors (Lipinski definition) is 1. The summed E-state index contributed by atoms with van der Waals surface area (Å²) in [4.78, 5) is 12.3. The van der Waals surface area contributed by atoms with Crippen molar-refractivity contribution in [2.75, 3.05) is 16.7 Å². The van der Waals surface area contributed by atoms with Crippen LogP contribution in [0.3, 0.4) is 0 Å². The number of anilines is 2. The molecule has 0 atom stereocenters. The van der Waals surface area contributed by atoms with Gasteiger partial charge in [-0.05, 0) is 31.2 Å². The average molecular weight is 318 g/mol. The minimum absolute atomic E-state index is 0.0356. The van der Waals surface area contributed by atoms with E-state index in [4.69, 9.17) is 4.74 Å². The van der Waals surface area contributed by atoms with Gasteiger partial charge in [-0.3, -0.25) is 0 Å². The monoisotopic (exact) mass is 318 g/mol. The topological polar surface area (TPSA) is 75.7 Å². The summed E-state index contributed by atoms with van der Waals surface area (Å²) in [7, 11) is -2.49. The van der Waals surface area contributed by atoms with E-state index in [1.165, 1.54) is 19.2 Å². The summed E-state index contributed by atoms with van der Waals surface area (Å²) in [6.07, 6.45) is 0. The maximum atomic E-state index is 12.7. The minimum atomic E-state index is -3.96. The third kappa shape index (κ3) is 2.19. The van der Waals surface area contributed by atoms with Crippen LogP contribution < -0.4 is 14.4 Å². The zero-order chi connectivity index (χ0) is 15.9. The van der Waals surface area contributed by atoms with E-state index in [1.54, 1.807) is 30.3 Å². The van der Waals surface area contributed by atoms with Crippen molar-refractivity contribution in [3.8, 4) is 5.75 Å². The Morgan fingerprint density at radius 2 is 1.77 bits per heavy atom. The molecule has 1 aliphatic rings. The molecule has 3 rings (SSSR count). The lowest BCUT2D eigenvalue weighted by Crippen LogP contribution is -2.44. The molecule has 0 bridgehead atoms. The lowest BCUT2D eigenvalue weighted by atomic mass is 10.2. The van der Waals surface area contributed by atoms with E-state index < -0.39 is 16.1 Å². The first-order valence-corrected chi connectivity index (χ1v) is 7.98. The van der Waals surface area contributed by atoms with Crippen LogP contribution in [0, 0.1) is 6.92 Å². The molecule has 0 saturated carbocycles. The van der Waals surface area contributed by atoms with E-state index in [0.717, 1.165) is 9.87 Å². The van der Waals surface area contributed by atoms with Gasteiger partial charge in [0.25, 0.3) is 10.0 Å². The number of nitrogens with zero attached hydrogens (tertiary/aromatic N) is 1. The highest BCUT2D eigenvalue weighted by Gasteiger charge is 2.37. The van der Waals surface area contributed by atoms with E-state index >= 15 is 0 Å². The van der Waals surface area contributed by atoms with Gasteiger partial charge in [0.2, 0.25) is 0 Å². The molecule has 22 heavy (non-hydrogen) atoms. The number of carbonyl (C=O) groups is 1. The van der Waals surface area contributed by atoms with E-state index in [0.29, 0.717) is 11.4 Å². The molecule has 0 fully saturated rings. The average Bonchev–Trinajstić information content (AvgIpc) is 2.48. The molecule has 0 aromatic heterocycles. The highest BCUT2D eigenvalue weighted by molar-refractivity contribution is 7.94. The zero-order valence-electron chi connectivity index (χ0n) is 12.0. The Labute approximate surface area is 128 Å². The van der Waals surface area contributed by atoms with Crippen LogP contribution in [0.2, 0.25) is 0 Å². The van der Waals surface area contributed by atoms with Crippen molar-refractivity contribution in [2.24, 2.45) is 0 Å². The van der Waals surface area contributed by atoms with Gasteiger partial charge < -0.3 is 10.1 Å². The standard InChI is InChI=1S/C15H14N2O4S/c1-10-3-5-11(6-4-10)17-15(18)16-13-9-12(21-2)7-8-14(13)22(17,19)20/h3-9H,1-2H3,(H,16,18). The number of sulfonamides is 1. The second-order valence-corrected chi connectivity index (χ2v) is 6.65. The maximum Gasteiger partial charge on any atom is 0.340 e. The first-order chi connectivity index (χ1) is 10.4. The number of benzene rings is 2. The van der Waals surface area contributed by atoms with Gasteiger partial charge >= 0.3 is 6.03 Å². The lowest BCUT2D eigenvalue weighted by molar-refractivity contribution is 0.259. The Morgan fingerprint density at radius 3 is 2.41 bits per heavy atom. The van der Waals surface area contributed by atoms with Crippen molar-refractivity contribution in [1.29, 1.82) is 0 Å². The van der Waals surface area contributed by atoms with Crippen LogP contribution in [0.4, 0.5) is 16.2 Å². The highest BCUT2D eigenvalue weighted by Crippen LogP contribution is 2.35. The molecule has 0 unspecified atom stereocenters. The van der Waals surface area contributed by atoms with Gasteiger partial charge in [-0.1, -0.05) is 17.7 Å². The number of urea groups is 1. The van der Waals surface area contributed by atoms with Crippen LogP contribution in [0.25, 0.3) is 0 Å². The Bertz CT molecular complexity index is 844. The van der Waals surface area contributed by atoms with Gasteiger partial charge in [0, 0.05) is 6.07 Å². The quantitative estimate of drug-likeness (QED) is 0.924. The molecule has 1 heterocycles. The Morgan fingerprint density at radius 1 is 1.09 bits per heavy atom. The predicted octanol–water partition coefficient (Wildman–Crippen LogP) is 2.74. The molecule has 0 saturated heterocycles. The van der Waals surface area contributed by atoms with E-state index in [2.05, 4.69) is 5.32 Å². The fourth-order valence-corrected chi connectivity index (χ4v) is 3.76. The van der Waals surface area contributed by atoms with Crippen molar-refractivity contribution in [2.45, 2.75) is 11.8 Å². The van der Waals surface area contributed by atoms with Crippen LogP contribution in [0.1, 0.15) is 5.56 Å². The number of fused-ring (bicyclic) bond motifs is 1. The number of nitrogens with one attached hydrogen (secondary N) is 1. The Balaban J connectivity index is 2.14. The lowest BCUT2D eigenvalue weighted by Gasteiger charge is -2.29. The normalized spacial score (nSPS) is 15.9. The summed E-state index contributed by atoms with van der Waals surface area (Å²) >= 11 is 0. The van der Waals surface area contributed by atoms with Gasteiger partial charge in [-0.2, -0.15) is 4.31 Å². The third-order valence-corrected chi connectivity index (χ3v) is 5.17. The van der Waals surface area contributed by atoms with Crippen molar-refractivity contribution >= 4 is 27.4 Å². The Hall–Kier alpha value is -2.54. The second-order valence-electron chi connectivity index (χ2n) is 4.90. The number of rotatable bonds is 2. The fourth-order valence-electron chi connectivity index (χ4n) is 2.27. The summed E-state index contributed by atoms with van der Waals surface area (Å²) in [6.45, 7) is 1.89. The summed E-state index contributed by atoms with van der Waals surface area (Å²) in [6, 6.07) is 10.4. The van der Waals surface area contributed by atoms with Crippen LogP contribution in [0.15, 0.2) is 47.4 Å². The fraction of sp³-hybridized carbons (Fsp3) is 0.133. The smallest absolute Gasteiger partial charge is 0.340 e. The van der Waals surface area contributed by atoms with Gasteiger partial charge in [0.15, 0.2) is 0 Å². The molecule has 2 aromatic carbocycles. The molecule has 2 aromatic rings. The number of carbonyl (C=O) groups excluding carboxylic acids is 1. The summed E-state index contributed by atoms with van der Waals surface area (Å²) in [5.74, 6) is 0.470. The highest BCUT2D eigenvalue weighted by atomic mass is 32.2. The second kappa shape index (κ2) is 5.03. The molecule has 1 aliphatic heterocycles. The Kier molecular flexibility index (Phi) is 3.29. The molecule has 0 radical (unpaired) electrons. The van der Waals surface area contributed by atoms with Crippen LogP contribution in [0.5, 0.6) is 5.75 Å². The largest absolute Gasteiger partial charge is 0.497 e. The zero-order valence-corrected chi connectivity index (χ0v) is 12.8. The van der Waals surface area contributed by atoms with E-state index in [1.807, 2.05) is 6.92 Å². The SMILES string of the molecule is COc1ccc2c(c1)NC(=O)N(c1ccc(C)cc1)S2(=O)=O. The van der Waals surface area contributed by atoms with Crippen molar-refractivity contribution in [3.05, 3.63) is 48.0 Å². The van der Waals surface area contributed by atoms with Crippen LogP contribution >= 0.6 is 0 Å². The number of methoxy groups -OCH3 is 1. The predicted molar refractivity (Wildman–Crippen MR) is 82.9 cm³/mol. The number of amides is 2. The van der Waals surface area contributed by atoms with Crippen molar-refractivity contribution in [3.63, 3.8) is 0 Å². The molecule has 0 spiro atoms. The first-order valence-electron chi connectivity index (χ1n) is 6.54. The molecule has 7 heteroatoms. The van der Waals surface area contributed by atoms with Crippen LogP contribution in [-0.2, 0) is 10.0 Å². The van der Waals surface area contributed by atoms with Gasteiger partial charge in [-0.15, -0.1) is 0 Å². The van der Waals surface area contributed by atoms with Gasteiger partial charge in [0.05, 0.1) is 18.5 Å². The van der Waals surface area contributed by atoms with Crippen molar-refractivity contribution in [1.82, 2.24) is 0 Å². The third-order valence-electron chi connectivity index (χ3n) is 3.40. The summed E-state index contributed by atoms with van der Waals surface area (Å²) in [5, 5.41) is 2.58. The molecule has 1 N–H and O–H groups in total. The molecule has 114 valence electrons. The number of hydrogen-bond acceptors (Lipinski definition) is 4. The summed E-state index contributed by atoms with van der Waals surface area (Å²) in [5.41, 5.74) is 1.49. The number of aryl methyl sites for hydroxylation is 1.